The molecule has 3 aromatic heterocycles. The van der Waals surface area contributed by atoms with Gasteiger partial charge in [-0.3, -0.25) is 4.68 Å². The van der Waals surface area contributed by atoms with Crippen LogP contribution in [0, 0.1) is 24.2 Å². The lowest BCUT2D eigenvalue weighted by atomic mass is 9.80. The Morgan fingerprint density at radius 2 is 2.14 bits per heavy atom. The normalized spacial score (nSPS) is 17.9. The lowest BCUT2D eigenvalue weighted by Crippen LogP contribution is -2.67. The Labute approximate surface area is 163 Å². The van der Waals surface area contributed by atoms with E-state index in [0.717, 1.165) is 28.0 Å². The fraction of sp³-hybridized carbons (Fsp3) is 0.444. The average molecular weight is 399 g/mol. The zero-order valence-electron chi connectivity index (χ0n) is 15.9. The van der Waals surface area contributed by atoms with E-state index < -0.39 is 21.5 Å². The van der Waals surface area contributed by atoms with Gasteiger partial charge in [0.1, 0.15) is 17.5 Å². The molecule has 4 heterocycles. The molecule has 3 aromatic rings. The van der Waals surface area contributed by atoms with Gasteiger partial charge < -0.3 is 4.98 Å². The van der Waals surface area contributed by atoms with Crippen LogP contribution in [0.25, 0.3) is 22.3 Å². The highest BCUT2D eigenvalue weighted by Crippen LogP contribution is 2.39. The number of aryl methyl sites for hydroxylation is 1. The van der Waals surface area contributed by atoms with Crippen LogP contribution in [0.15, 0.2) is 24.8 Å². The molecular weight excluding hydrogens is 378 g/mol. The van der Waals surface area contributed by atoms with Crippen molar-refractivity contribution in [3.8, 4) is 17.3 Å². The van der Waals surface area contributed by atoms with Gasteiger partial charge in [-0.05, 0) is 26.8 Å². The van der Waals surface area contributed by atoms with Crippen molar-refractivity contribution in [1.29, 1.82) is 5.26 Å². The summed E-state index contributed by atoms with van der Waals surface area (Å²) in [7, 11) is -3.30. The smallest absolute Gasteiger partial charge is 0.213 e. The zero-order valence-corrected chi connectivity index (χ0v) is 16.7. The number of hydrogen-bond donors (Lipinski definition) is 1. The zero-order chi connectivity index (χ0) is 20.1. The molecule has 0 saturated carbocycles. The summed E-state index contributed by atoms with van der Waals surface area (Å²) in [5.41, 5.74) is 2.41. The summed E-state index contributed by atoms with van der Waals surface area (Å²) in [5, 5.41) is 15.1. The molecule has 1 N–H and O–H groups in total. The summed E-state index contributed by atoms with van der Waals surface area (Å²) in [6.07, 6.45) is 5.17. The van der Waals surface area contributed by atoms with Gasteiger partial charge in [-0.1, -0.05) is 0 Å². The van der Waals surface area contributed by atoms with E-state index in [9.17, 15) is 13.7 Å². The summed E-state index contributed by atoms with van der Waals surface area (Å²) >= 11 is 0. The fourth-order valence-corrected chi connectivity index (χ4v) is 4.89. The van der Waals surface area contributed by atoms with E-state index >= 15 is 0 Å². The summed E-state index contributed by atoms with van der Waals surface area (Å²) in [6.45, 7) is 5.79. The summed E-state index contributed by atoms with van der Waals surface area (Å²) in [4.78, 5) is 11.7. The number of fused-ring (bicyclic) bond motifs is 1. The van der Waals surface area contributed by atoms with Gasteiger partial charge in [-0.25, -0.2) is 18.4 Å². The second-order valence-electron chi connectivity index (χ2n) is 7.16. The molecule has 0 amide bonds. The van der Waals surface area contributed by atoms with Crippen LogP contribution in [0.4, 0.5) is 0 Å². The van der Waals surface area contributed by atoms with E-state index in [2.05, 4.69) is 26.1 Å². The van der Waals surface area contributed by atoms with E-state index in [1.54, 1.807) is 17.8 Å². The molecule has 0 radical (unpaired) electrons. The second kappa shape index (κ2) is 6.39. The molecule has 4 rings (SSSR count). The monoisotopic (exact) mass is 399 g/mol. The average Bonchev–Trinajstić information content (AvgIpc) is 3.27. The van der Waals surface area contributed by atoms with Crippen molar-refractivity contribution in [3.63, 3.8) is 0 Å². The number of H-pyrrole nitrogens is 1. The van der Waals surface area contributed by atoms with Crippen molar-refractivity contribution < 1.29 is 8.42 Å². The third kappa shape index (κ3) is 2.62. The van der Waals surface area contributed by atoms with Crippen LogP contribution in [0.5, 0.6) is 0 Å². The topological polar surface area (TPSA) is 121 Å². The Hall–Kier alpha value is -2.77. The van der Waals surface area contributed by atoms with E-state index in [0.29, 0.717) is 0 Å². The van der Waals surface area contributed by atoms with Crippen LogP contribution in [-0.2, 0) is 15.6 Å². The van der Waals surface area contributed by atoms with Crippen LogP contribution in [0.2, 0.25) is 0 Å². The van der Waals surface area contributed by atoms with Crippen LogP contribution >= 0.6 is 0 Å². The molecule has 28 heavy (non-hydrogen) atoms. The Morgan fingerprint density at radius 3 is 2.82 bits per heavy atom. The number of nitrogens with zero attached hydrogens (tertiary/aromatic N) is 6. The van der Waals surface area contributed by atoms with E-state index in [1.807, 2.05) is 26.1 Å². The highest BCUT2D eigenvalue weighted by Gasteiger charge is 2.53. The molecule has 146 valence electrons. The first kappa shape index (κ1) is 18.6. The van der Waals surface area contributed by atoms with Crippen LogP contribution < -0.4 is 0 Å². The lowest BCUT2D eigenvalue weighted by Gasteiger charge is -2.50. The maximum Gasteiger partial charge on any atom is 0.213 e. The SMILES string of the molecule is CCS(=O)(=O)N1CC(C(C)C#N)(n2cc(-c3ncnc4[nH]ccc34)c(C)n2)C1. The van der Waals surface area contributed by atoms with Crippen molar-refractivity contribution in [3.05, 3.63) is 30.5 Å². The molecule has 1 unspecified atom stereocenters. The minimum absolute atomic E-state index is 0.0415. The van der Waals surface area contributed by atoms with Gasteiger partial charge in [0.2, 0.25) is 10.0 Å². The molecule has 0 aliphatic carbocycles. The predicted molar refractivity (Wildman–Crippen MR) is 104 cm³/mol. The maximum atomic E-state index is 12.2. The Balaban J connectivity index is 1.78. The standard InChI is InChI=1S/C18H21N7O2S/c1-4-28(26,27)24-9-18(10-24,12(2)7-19)25-8-15(13(3)23-25)16-14-5-6-20-17(14)22-11-21-16/h5-6,8,11-12H,4,9-10H2,1-3H3,(H,20,21,22). The molecule has 1 atom stereocenters. The minimum Gasteiger partial charge on any atom is -0.346 e. The quantitative estimate of drug-likeness (QED) is 0.696. The van der Waals surface area contributed by atoms with Gasteiger partial charge in [-0.2, -0.15) is 14.7 Å². The minimum atomic E-state index is -3.30. The Kier molecular flexibility index (Phi) is 4.24. The highest BCUT2D eigenvalue weighted by atomic mass is 32.2. The van der Waals surface area contributed by atoms with Crippen molar-refractivity contribution in [2.24, 2.45) is 5.92 Å². The number of aromatic amines is 1. The molecule has 1 aliphatic heterocycles. The third-order valence-electron chi connectivity index (χ3n) is 5.62. The molecule has 0 aromatic carbocycles. The van der Waals surface area contributed by atoms with Gasteiger partial charge in [0.05, 0.1) is 29.1 Å². The van der Waals surface area contributed by atoms with Crippen molar-refractivity contribution in [2.75, 3.05) is 18.8 Å². The molecule has 0 bridgehead atoms. The van der Waals surface area contributed by atoms with E-state index in [4.69, 9.17) is 0 Å². The van der Waals surface area contributed by atoms with Gasteiger partial charge in [0, 0.05) is 36.4 Å². The van der Waals surface area contributed by atoms with Crippen molar-refractivity contribution in [2.45, 2.75) is 26.3 Å². The molecule has 1 fully saturated rings. The number of aromatic nitrogens is 5. The largest absolute Gasteiger partial charge is 0.346 e. The third-order valence-corrected chi connectivity index (χ3v) is 7.40. The second-order valence-corrected chi connectivity index (χ2v) is 9.42. The Bertz CT molecular complexity index is 1180. The number of nitrogens with one attached hydrogen (secondary N) is 1. The molecule has 9 nitrogen and oxygen atoms in total. The number of rotatable bonds is 5. The van der Waals surface area contributed by atoms with Gasteiger partial charge in [-0.15, -0.1) is 0 Å². The highest BCUT2D eigenvalue weighted by molar-refractivity contribution is 7.89. The van der Waals surface area contributed by atoms with Crippen molar-refractivity contribution in [1.82, 2.24) is 29.0 Å². The fourth-order valence-electron chi connectivity index (χ4n) is 3.69. The molecule has 1 saturated heterocycles. The predicted octanol–water partition coefficient (Wildman–Crippen LogP) is 1.65. The Morgan fingerprint density at radius 1 is 1.39 bits per heavy atom. The maximum absolute atomic E-state index is 12.2. The van der Waals surface area contributed by atoms with Gasteiger partial charge in [0.25, 0.3) is 0 Å². The van der Waals surface area contributed by atoms with Crippen LogP contribution in [-0.4, -0.2) is 56.3 Å². The summed E-state index contributed by atoms with van der Waals surface area (Å²) in [5.74, 6) is -0.361. The molecular formula is C18H21N7O2S. The first-order valence-electron chi connectivity index (χ1n) is 9.05. The molecule has 1 aliphatic rings. The number of sulfonamides is 1. The lowest BCUT2D eigenvalue weighted by molar-refractivity contribution is 0.0355. The van der Waals surface area contributed by atoms with Crippen LogP contribution in [0.3, 0.4) is 0 Å². The summed E-state index contributed by atoms with van der Waals surface area (Å²) in [6, 6.07) is 4.19. The van der Waals surface area contributed by atoms with Crippen molar-refractivity contribution >= 4 is 21.1 Å². The van der Waals surface area contributed by atoms with Gasteiger partial charge in [0.15, 0.2) is 0 Å². The van der Waals surface area contributed by atoms with E-state index in [1.165, 1.54) is 10.6 Å². The van der Waals surface area contributed by atoms with Gasteiger partial charge >= 0.3 is 0 Å². The number of nitriles is 1. The van der Waals surface area contributed by atoms with E-state index in [-0.39, 0.29) is 18.8 Å². The first-order valence-corrected chi connectivity index (χ1v) is 10.7. The molecule has 0 spiro atoms. The summed E-state index contributed by atoms with van der Waals surface area (Å²) < 4.78 is 27.6. The number of hydrogen-bond acceptors (Lipinski definition) is 6. The molecule has 10 heteroatoms. The van der Waals surface area contributed by atoms with Crippen LogP contribution in [0.1, 0.15) is 19.5 Å². The first-order chi connectivity index (χ1) is 13.3.